The van der Waals surface area contributed by atoms with Crippen LogP contribution in [0.25, 0.3) is 5.57 Å². The molecular weight excluding hydrogens is 352 g/mol. The molecule has 5 atom stereocenters. The number of ether oxygens (including phenoxy) is 2. The molecule has 0 spiro atoms. The third-order valence-electron chi connectivity index (χ3n) is 7.65. The Morgan fingerprint density at radius 2 is 2.11 bits per heavy atom. The summed E-state index contributed by atoms with van der Waals surface area (Å²) < 4.78 is 10.7. The first-order valence-electron chi connectivity index (χ1n) is 10.6. The van der Waals surface area contributed by atoms with E-state index in [1.807, 2.05) is 6.92 Å². The second-order valence-electron chi connectivity index (χ2n) is 9.12. The first kappa shape index (κ1) is 19.5. The predicted octanol–water partition coefficient (Wildman–Crippen LogP) is 4.62. The smallest absolute Gasteiger partial charge is 0.344 e. The van der Waals surface area contributed by atoms with Crippen LogP contribution < -0.4 is 4.74 Å². The summed E-state index contributed by atoms with van der Waals surface area (Å²) in [7, 11) is 0. The lowest BCUT2D eigenvalue weighted by Crippen LogP contribution is -2.43. The van der Waals surface area contributed by atoms with E-state index >= 15 is 0 Å². The second-order valence-corrected chi connectivity index (χ2v) is 9.12. The van der Waals surface area contributed by atoms with Gasteiger partial charge < -0.3 is 14.6 Å². The molecule has 0 radical (unpaired) electrons. The Morgan fingerprint density at radius 3 is 2.86 bits per heavy atom. The maximum atomic E-state index is 11.6. The van der Waals surface area contributed by atoms with Gasteiger partial charge in [0.15, 0.2) is 6.61 Å². The van der Waals surface area contributed by atoms with Crippen LogP contribution in [0.2, 0.25) is 0 Å². The molecule has 2 fully saturated rings. The van der Waals surface area contributed by atoms with E-state index in [1.54, 1.807) is 6.92 Å². The zero-order valence-corrected chi connectivity index (χ0v) is 17.3. The molecule has 0 saturated heterocycles. The lowest BCUT2D eigenvalue weighted by Gasteiger charge is -2.50. The summed E-state index contributed by atoms with van der Waals surface area (Å²) in [6.45, 7) is 10.8. The van der Waals surface area contributed by atoms with E-state index in [1.165, 1.54) is 11.1 Å². The number of carbonyl (C=O) groups is 1. The summed E-state index contributed by atoms with van der Waals surface area (Å²) in [6.07, 6.45) is 5.10. The predicted molar refractivity (Wildman–Crippen MR) is 109 cm³/mol. The minimum Gasteiger partial charge on any atom is -0.482 e. The molecule has 0 amide bonds. The SMILES string of the molecule is C=C1CC2C(CCC3(C)C(O)CCC23)c2cc(C)c(OCC(=O)OCC)cc21. The number of benzene rings is 1. The fourth-order valence-electron chi connectivity index (χ4n) is 6.14. The van der Waals surface area contributed by atoms with Crippen molar-refractivity contribution in [3.63, 3.8) is 0 Å². The van der Waals surface area contributed by atoms with E-state index in [2.05, 4.69) is 25.6 Å². The van der Waals surface area contributed by atoms with Crippen LogP contribution in [0.1, 0.15) is 68.6 Å². The summed E-state index contributed by atoms with van der Waals surface area (Å²) in [5, 5.41) is 10.6. The molecule has 152 valence electrons. The summed E-state index contributed by atoms with van der Waals surface area (Å²) in [4.78, 5) is 11.6. The molecule has 0 aliphatic heterocycles. The van der Waals surface area contributed by atoms with Gasteiger partial charge in [-0.2, -0.15) is 0 Å². The lowest BCUT2D eigenvalue weighted by atomic mass is 9.55. The van der Waals surface area contributed by atoms with Gasteiger partial charge in [-0.1, -0.05) is 19.6 Å². The molecule has 4 heteroatoms. The molecule has 4 rings (SSSR count). The maximum absolute atomic E-state index is 11.6. The first-order chi connectivity index (χ1) is 13.3. The fraction of sp³-hybridized carbons (Fsp3) is 0.625. The highest BCUT2D eigenvalue weighted by atomic mass is 16.6. The van der Waals surface area contributed by atoms with Crippen LogP contribution in [0.4, 0.5) is 0 Å². The minimum atomic E-state index is -0.343. The Balaban J connectivity index is 1.61. The number of fused-ring (bicyclic) bond motifs is 5. The van der Waals surface area contributed by atoms with Crippen molar-refractivity contribution in [3.05, 3.63) is 35.4 Å². The van der Waals surface area contributed by atoms with Gasteiger partial charge in [0, 0.05) is 0 Å². The van der Waals surface area contributed by atoms with Crippen LogP contribution in [0, 0.1) is 24.2 Å². The number of hydrogen-bond acceptors (Lipinski definition) is 4. The zero-order chi connectivity index (χ0) is 20.1. The molecule has 0 bridgehead atoms. The Morgan fingerprint density at radius 1 is 1.32 bits per heavy atom. The molecule has 2 saturated carbocycles. The number of aliphatic hydroxyl groups is 1. The number of hydrogen-bond donors (Lipinski definition) is 1. The minimum absolute atomic E-state index is 0.0652. The highest BCUT2D eigenvalue weighted by Gasteiger charge is 2.54. The van der Waals surface area contributed by atoms with Gasteiger partial charge in [0.2, 0.25) is 0 Å². The van der Waals surface area contributed by atoms with Crippen molar-refractivity contribution in [2.75, 3.05) is 13.2 Å². The highest BCUT2D eigenvalue weighted by molar-refractivity contribution is 5.73. The molecule has 3 aliphatic carbocycles. The molecule has 5 unspecified atom stereocenters. The molecular formula is C24H32O4. The van der Waals surface area contributed by atoms with Gasteiger partial charge in [-0.3, -0.25) is 0 Å². The largest absolute Gasteiger partial charge is 0.482 e. The Labute approximate surface area is 167 Å². The molecule has 1 aromatic carbocycles. The Kier molecular flexibility index (Phi) is 5.03. The summed E-state index contributed by atoms with van der Waals surface area (Å²) in [6, 6.07) is 4.31. The average Bonchev–Trinajstić information content (AvgIpc) is 2.96. The van der Waals surface area contributed by atoms with E-state index in [4.69, 9.17) is 9.47 Å². The number of aryl methyl sites for hydroxylation is 1. The van der Waals surface area contributed by atoms with Gasteiger partial charge in [0.1, 0.15) is 5.75 Å². The third-order valence-corrected chi connectivity index (χ3v) is 7.65. The summed E-state index contributed by atoms with van der Waals surface area (Å²) >= 11 is 0. The summed E-state index contributed by atoms with van der Waals surface area (Å²) in [5.41, 5.74) is 4.84. The number of carbonyl (C=O) groups excluding carboxylic acids is 1. The molecule has 0 aromatic heterocycles. The van der Waals surface area contributed by atoms with Crippen molar-refractivity contribution < 1.29 is 19.4 Å². The highest BCUT2D eigenvalue weighted by Crippen LogP contribution is 2.62. The van der Waals surface area contributed by atoms with Crippen LogP contribution in [0.5, 0.6) is 5.75 Å². The van der Waals surface area contributed by atoms with Crippen molar-refractivity contribution in [1.82, 2.24) is 0 Å². The van der Waals surface area contributed by atoms with Crippen LogP contribution in [0.15, 0.2) is 18.7 Å². The van der Waals surface area contributed by atoms with Crippen LogP contribution in [0.3, 0.4) is 0 Å². The van der Waals surface area contributed by atoms with Crippen molar-refractivity contribution in [2.45, 2.75) is 64.9 Å². The van der Waals surface area contributed by atoms with E-state index in [0.29, 0.717) is 24.4 Å². The second kappa shape index (κ2) is 7.22. The normalized spacial score (nSPS) is 33.6. The number of esters is 1. The maximum Gasteiger partial charge on any atom is 0.344 e. The van der Waals surface area contributed by atoms with Crippen LogP contribution in [-0.4, -0.2) is 30.4 Å². The zero-order valence-electron chi connectivity index (χ0n) is 17.3. The summed E-state index contributed by atoms with van der Waals surface area (Å²) in [5.74, 6) is 2.07. The van der Waals surface area contributed by atoms with Crippen LogP contribution >= 0.6 is 0 Å². The van der Waals surface area contributed by atoms with Gasteiger partial charge in [0.25, 0.3) is 0 Å². The lowest BCUT2D eigenvalue weighted by molar-refractivity contribution is -0.145. The number of aliphatic hydroxyl groups excluding tert-OH is 1. The molecule has 1 aromatic rings. The van der Waals surface area contributed by atoms with Crippen molar-refractivity contribution in [1.29, 1.82) is 0 Å². The third kappa shape index (κ3) is 3.06. The van der Waals surface area contributed by atoms with E-state index < -0.39 is 0 Å². The number of allylic oxidation sites excluding steroid dienone is 1. The Hall–Kier alpha value is -1.81. The monoisotopic (exact) mass is 384 g/mol. The molecule has 0 heterocycles. The van der Waals surface area contributed by atoms with Gasteiger partial charge in [-0.15, -0.1) is 0 Å². The van der Waals surface area contributed by atoms with Gasteiger partial charge in [0.05, 0.1) is 12.7 Å². The number of rotatable bonds is 4. The Bertz CT molecular complexity index is 798. The van der Waals surface area contributed by atoms with E-state index in [-0.39, 0.29) is 24.1 Å². The molecule has 3 aliphatic rings. The fourth-order valence-corrected chi connectivity index (χ4v) is 6.14. The van der Waals surface area contributed by atoms with E-state index in [0.717, 1.165) is 49.0 Å². The van der Waals surface area contributed by atoms with Gasteiger partial charge in [-0.25, -0.2) is 4.79 Å². The quantitative estimate of drug-likeness (QED) is 0.770. The molecule has 1 N–H and O–H groups in total. The van der Waals surface area contributed by atoms with Gasteiger partial charge >= 0.3 is 5.97 Å². The van der Waals surface area contributed by atoms with Crippen molar-refractivity contribution in [3.8, 4) is 5.75 Å². The molecule has 4 nitrogen and oxygen atoms in total. The topological polar surface area (TPSA) is 55.8 Å². The van der Waals surface area contributed by atoms with Crippen molar-refractivity contribution >= 4 is 11.5 Å². The van der Waals surface area contributed by atoms with Crippen molar-refractivity contribution in [2.24, 2.45) is 17.3 Å². The average molecular weight is 385 g/mol. The molecule has 28 heavy (non-hydrogen) atoms. The van der Waals surface area contributed by atoms with E-state index in [9.17, 15) is 9.90 Å². The van der Waals surface area contributed by atoms with Crippen LogP contribution in [-0.2, 0) is 9.53 Å². The standard InChI is InChI=1S/C24H32O4/c1-5-27-23(26)13-28-21-12-17-14(2)10-19-16(18(17)11-15(21)3)8-9-24(4)20(19)6-7-22(24)25/h11-12,16,19-20,22,25H,2,5-10,13H2,1,3-4H3. The first-order valence-corrected chi connectivity index (χ1v) is 10.6. The van der Waals surface area contributed by atoms with Gasteiger partial charge in [-0.05, 0) is 97.5 Å².